The molecule has 0 aromatic carbocycles. The van der Waals surface area contributed by atoms with Crippen LogP contribution in [-0.4, -0.2) is 50.6 Å². The van der Waals surface area contributed by atoms with Gasteiger partial charge in [-0.2, -0.15) is 0 Å². The van der Waals surface area contributed by atoms with Crippen molar-refractivity contribution in [2.45, 2.75) is 36.6 Å². The third kappa shape index (κ3) is 4.03. The van der Waals surface area contributed by atoms with Gasteiger partial charge in [0.25, 0.3) is 0 Å². The number of carboxylic acids is 1. The van der Waals surface area contributed by atoms with Gasteiger partial charge in [0.15, 0.2) is 0 Å². The van der Waals surface area contributed by atoms with Crippen LogP contribution in [0, 0.1) is 0 Å². The summed E-state index contributed by atoms with van der Waals surface area (Å²) in [5.74, 6) is -1.21. The van der Waals surface area contributed by atoms with E-state index in [0.717, 1.165) is 24.2 Å². The Labute approximate surface area is 128 Å². The number of nitrogens with zero attached hydrogens (tertiary/aromatic N) is 1. The van der Waals surface area contributed by atoms with Gasteiger partial charge in [0, 0.05) is 19.1 Å². The first-order valence-electron chi connectivity index (χ1n) is 6.92. The normalized spacial score (nSPS) is 16.7. The third-order valence-corrected chi connectivity index (χ3v) is 6.35. The number of hydrogen-bond acceptors (Lipinski definition) is 5. The van der Waals surface area contributed by atoms with Gasteiger partial charge in [-0.25, -0.2) is 17.9 Å². The highest BCUT2D eigenvalue weighted by Crippen LogP contribution is 2.23. The molecule has 2 rings (SSSR count). The number of likely N-dealkylation sites (N-methyl/N-ethyl adjacent to an activating group) is 1. The number of carbonyl (C=O) groups is 1. The highest BCUT2D eigenvalue weighted by atomic mass is 32.2. The maximum absolute atomic E-state index is 12.1. The second-order valence-corrected chi connectivity index (χ2v) is 7.89. The maximum Gasteiger partial charge on any atom is 0.347 e. The third-order valence-electron chi connectivity index (χ3n) is 3.82. The van der Waals surface area contributed by atoms with Crippen LogP contribution in [0.4, 0.5) is 0 Å². The number of aromatic carboxylic acids is 1. The van der Waals surface area contributed by atoms with Gasteiger partial charge >= 0.3 is 5.97 Å². The number of hydrogen-bond donors (Lipinski definition) is 2. The molecule has 0 atom stereocenters. The first-order chi connectivity index (χ1) is 9.92. The van der Waals surface area contributed by atoms with Crippen molar-refractivity contribution in [3.05, 3.63) is 16.3 Å². The van der Waals surface area contributed by atoms with Crippen LogP contribution in [0.2, 0.25) is 0 Å². The number of carboxylic acid groups (broad SMARTS) is 1. The van der Waals surface area contributed by atoms with Crippen molar-refractivity contribution in [1.29, 1.82) is 0 Å². The first kappa shape index (κ1) is 16.4. The predicted molar refractivity (Wildman–Crippen MR) is 81.4 cm³/mol. The van der Waals surface area contributed by atoms with E-state index in [2.05, 4.69) is 9.62 Å². The fraction of sp³-hybridized carbons (Fsp3) is 0.615. The fourth-order valence-corrected chi connectivity index (χ4v) is 4.91. The zero-order chi connectivity index (χ0) is 15.5. The van der Waals surface area contributed by atoms with Gasteiger partial charge in [0.2, 0.25) is 10.0 Å². The van der Waals surface area contributed by atoms with Crippen LogP contribution >= 0.6 is 11.3 Å². The number of rotatable bonds is 7. The average Bonchev–Trinajstić information content (AvgIpc) is 3.10. The zero-order valence-electron chi connectivity index (χ0n) is 11.9. The molecule has 1 aromatic rings. The van der Waals surface area contributed by atoms with E-state index in [1.807, 2.05) is 7.05 Å². The Kier molecular flexibility index (Phi) is 5.37. The predicted octanol–water partition coefficient (Wildman–Crippen LogP) is 1.60. The molecule has 0 radical (unpaired) electrons. The monoisotopic (exact) mass is 332 g/mol. The smallest absolute Gasteiger partial charge is 0.347 e. The number of sulfonamides is 1. The molecule has 8 heteroatoms. The van der Waals surface area contributed by atoms with E-state index in [4.69, 9.17) is 5.11 Å². The average molecular weight is 332 g/mol. The summed E-state index contributed by atoms with van der Waals surface area (Å²) in [6.07, 6.45) is 4.79. The lowest BCUT2D eigenvalue weighted by atomic mass is 10.2. The van der Waals surface area contributed by atoms with E-state index in [1.165, 1.54) is 24.3 Å². The van der Waals surface area contributed by atoms with E-state index in [0.29, 0.717) is 12.6 Å². The highest BCUT2D eigenvalue weighted by molar-refractivity contribution is 7.89. The van der Waals surface area contributed by atoms with Crippen molar-refractivity contribution >= 4 is 27.3 Å². The summed E-state index contributed by atoms with van der Waals surface area (Å²) < 4.78 is 26.8. The second kappa shape index (κ2) is 6.87. The molecule has 1 aliphatic carbocycles. The second-order valence-electron chi connectivity index (χ2n) is 5.24. The molecule has 21 heavy (non-hydrogen) atoms. The molecule has 1 aliphatic rings. The minimum absolute atomic E-state index is 0.147. The number of thiophene rings is 1. The zero-order valence-corrected chi connectivity index (χ0v) is 13.5. The van der Waals surface area contributed by atoms with Gasteiger partial charge in [-0.15, -0.1) is 11.3 Å². The summed E-state index contributed by atoms with van der Waals surface area (Å²) in [6, 6.07) is 1.86. The quantitative estimate of drug-likeness (QED) is 0.792. The van der Waals surface area contributed by atoms with Crippen LogP contribution in [0.1, 0.15) is 35.4 Å². The Hall–Kier alpha value is -0.960. The molecule has 0 unspecified atom stereocenters. The SMILES string of the molecule is CN(CCNS(=O)(=O)c1ccsc1C(=O)O)C1CCCC1. The molecule has 0 saturated heterocycles. The Bertz CT molecular complexity index is 591. The summed E-state index contributed by atoms with van der Waals surface area (Å²) >= 11 is 0.916. The van der Waals surface area contributed by atoms with E-state index in [-0.39, 0.29) is 16.3 Å². The largest absolute Gasteiger partial charge is 0.477 e. The lowest BCUT2D eigenvalue weighted by Gasteiger charge is -2.23. The molecule has 0 amide bonds. The Morgan fingerprint density at radius 1 is 1.48 bits per heavy atom. The molecular formula is C13H20N2O4S2. The molecule has 2 N–H and O–H groups in total. The summed E-state index contributed by atoms with van der Waals surface area (Å²) in [4.78, 5) is 12.9. The van der Waals surface area contributed by atoms with Crippen LogP contribution in [-0.2, 0) is 10.0 Å². The minimum atomic E-state index is -3.76. The molecular weight excluding hydrogens is 312 g/mol. The van der Waals surface area contributed by atoms with Gasteiger partial charge in [0.1, 0.15) is 9.77 Å². The maximum atomic E-state index is 12.1. The molecule has 1 fully saturated rings. The standard InChI is InChI=1S/C13H20N2O4S2/c1-15(10-4-2-3-5-10)8-7-14-21(18,19)11-6-9-20-12(11)13(16)17/h6,9-10,14H,2-5,7-8H2,1H3,(H,16,17). The molecule has 0 bridgehead atoms. The Morgan fingerprint density at radius 3 is 2.76 bits per heavy atom. The topological polar surface area (TPSA) is 86.7 Å². The summed E-state index contributed by atoms with van der Waals surface area (Å²) in [7, 11) is -1.76. The Balaban J connectivity index is 1.92. The van der Waals surface area contributed by atoms with Crippen LogP contribution < -0.4 is 4.72 Å². The number of nitrogens with one attached hydrogen (secondary N) is 1. The molecule has 1 saturated carbocycles. The first-order valence-corrected chi connectivity index (χ1v) is 9.29. The van der Waals surface area contributed by atoms with Crippen molar-refractivity contribution < 1.29 is 18.3 Å². The lowest BCUT2D eigenvalue weighted by Crippen LogP contribution is -2.37. The molecule has 1 aromatic heterocycles. The molecule has 6 nitrogen and oxygen atoms in total. The van der Waals surface area contributed by atoms with E-state index in [9.17, 15) is 13.2 Å². The van der Waals surface area contributed by atoms with Gasteiger partial charge in [0.05, 0.1) is 0 Å². The van der Waals surface area contributed by atoms with Crippen LogP contribution in [0.3, 0.4) is 0 Å². The van der Waals surface area contributed by atoms with Gasteiger partial charge in [-0.1, -0.05) is 12.8 Å². The van der Waals surface area contributed by atoms with Gasteiger partial charge < -0.3 is 10.0 Å². The van der Waals surface area contributed by atoms with Crippen molar-refractivity contribution in [1.82, 2.24) is 9.62 Å². The highest BCUT2D eigenvalue weighted by Gasteiger charge is 2.24. The minimum Gasteiger partial charge on any atom is -0.477 e. The van der Waals surface area contributed by atoms with E-state index in [1.54, 1.807) is 0 Å². The van der Waals surface area contributed by atoms with Crippen molar-refractivity contribution in [3.63, 3.8) is 0 Å². The molecule has 1 heterocycles. The Morgan fingerprint density at radius 2 is 2.14 bits per heavy atom. The molecule has 118 valence electrons. The fourth-order valence-electron chi connectivity index (χ4n) is 2.63. The molecule has 0 aliphatic heterocycles. The van der Waals surface area contributed by atoms with Gasteiger partial charge in [-0.05, 0) is 31.3 Å². The van der Waals surface area contributed by atoms with Crippen molar-refractivity contribution in [2.24, 2.45) is 0 Å². The van der Waals surface area contributed by atoms with Crippen LogP contribution in [0.25, 0.3) is 0 Å². The van der Waals surface area contributed by atoms with Crippen LogP contribution in [0.15, 0.2) is 16.3 Å². The summed E-state index contributed by atoms with van der Waals surface area (Å²) in [6.45, 7) is 0.903. The van der Waals surface area contributed by atoms with E-state index >= 15 is 0 Å². The van der Waals surface area contributed by atoms with Crippen LogP contribution in [0.5, 0.6) is 0 Å². The summed E-state index contributed by atoms with van der Waals surface area (Å²) in [5, 5.41) is 10.5. The molecule has 0 spiro atoms. The van der Waals surface area contributed by atoms with E-state index < -0.39 is 16.0 Å². The van der Waals surface area contributed by atoms with Gasteiger partial charge in [-0.3, -0.25) is 0 Å². The van der Waals surface area contributed by atoms with Crippen molar-refractivity contribution in [2.75, 3.05) is 20.1 Å². The lowest BCUT2D eigenvalue weighted by molar-refractivity contribution is 0.0698. The summed E-state index contributed by atoms with van der Waals surface area (Å²) in [5.41, 5.74) is 0. The van der Waals surface area contributed by atoms with Crippen molar-refractivity contribution in [3.8, 4) is 0 Å².